The second-order valence-corrected chi connectivity index (χ2v) is 9.74. The lowest BCUT2D eigenvalue weighted by Crippen LogP contribution is -1.98. The van der Waals surface area contributed by atoms with Crippen LogP contribution >= 0.6 is 0 Å². The van der Waals surface area contributed by atoms with Crippen molar-refractivity contribution in [1.29, 1.82) is 0 Å². The number of hydrogen-bond acceptors (Lipinski definition) is 1. The number of benzene rings is 5. The molecule has 8 aromatic rings. The van der Waals surface area contributed by atoms with Crippen molar-refractivity contribution < 1.29 is 0 Å². The van der Waals surface area contributed by atoms with Gasteiger partial charge >= 0.3 is 0 Å². The molecule has 0 saturated carbocycles. The fourth-order valence-corrected chi connectivity index (χ4v) is 5.78. The highest BCUT2D eigenvalue weighted by molar-refractivity contribution is 6.12. The highest BCUT2D eigenvalue weighted by Gasteiger charge is 2.21. The van der Waals surface area contributed by atoms with Crippen molar-refractivity contribution >= 4 is 38.5 Å². The van der Waals surface area contributed by atoms with Crippen LogP contribution in [-0.2, 0) is 0 Å². The van der Waals surface area contributed by atoms with Crippen LogP contribution in [0.4, 0.5) is 0 Å². The largest absolute Gasteiger partial charge is 0.354 e. The van der Waals surface area contributed by atoms with E-state index in [1.165, 1.54) is 21.9 Å². The molecule has 5 aromatic carbocycles. The van der Waals surface area contributed by atoms with Gasteiger partial charge in [-0.05, 0) is 46.5 Å². The Morgan fingerprint density at radius 1 is 0.526 bits per heavy atom. The maximum atomic E-state index is 5.33. The smallest absolute Gasteiger partial charge is 0.146 e. The molecular formula is C35H23N3. The summed E-state index contributed by atoms with van der Waals surface area (Å²) in [6.45, 7) is 0. The molecule has 0 aliphatic heterocycles. The molecule has 0 aliphatic rings. The van der Waals surface area contributed by atoms with Gasteiger partial charge in [0, 0.05) is 27.4 Å². The molecule has 0 bridgehead atoms. The lowest BCUT2D eigenvalue weighted by Gasteiger charge is -2.17. The van der Waals surface area contributed by atoms with E-state index in [9.17, 15) is 0 Å². The third-order valence-electron chi connectivity index (χ3n) is 7.51. The van der Waals surface area contributed by atoms with Crippen LogP contribution in [0.25, 0.3) is 72.0 Å². The number of para-hydroxylation sites is 1. The molecular weight excluding hydrogens is 462 g/mol. The molecule has 1 N–H and O–H groups in total. The van der Waals surface area contributed by atoms with E-state index < -0.39 is 0 Å². The molecule has 0 radical (unpaired) electrons. The molecule has 0 unspecified atom stereocenters. The van der Waals surface area contributed by atoms with E-state index in [1.807, 2.05) is 0 Å². The average Bonchev–Trinajstić information content (AvgIpc) is 3.54. The normalized spacial score (nSPS) is 11.7. The van der Waals surface area contributed by atoms with Crippen molar-refractivity contribution in [2.75, 3.05) is 0 Å². The lowest BCUT2D eigenvalue weighted by atomic mass is 9.93. The number of H-pyrrole nitrogens is 1. The van der Waals surface area contributed by atoms with Gasteiger partial charge in [-0.25, -0.2) is 4.98 Å². The van der Waals surface area contributed by atoms with Crippen molar-refractivity contribution in [2.24, 2.45) is 0 Å². The summed E-state index contributed by atoms with van der Waals surface area (Å²) in [6.07, 6.45) is 0. The van der Waals surface area contributed by atoms with Gasteiger partial charge in [0.2, 0.25) is 0 Å². The maximum absolute atomic E-state index is 5.33. The van der Waals surface area contributed by atoms with Crippen molar-refractivity contribution in [3.05, 3.63) is 133 Å². The number of aromatic nitrogens is 3. The highest BCUT2D eigenvalue weighted by Crippen LogP contribution is 2.41. The van der Waals surface area contributed by atoms with Gasteiger partial charge in [0.25, 0.3) is 0 Å². The Kier molecular flexibility index (Phi) is 4.52. The molecule has 8 rings (SSSR count). The first-order valence-electron chi connectivity index (χ1n) is 12.9. The zero-order valence-corrected chi connectivity index (χ0v) is 20.6. The first kappa shape index (κ1) is 21.0. The van der Waals surface area contributed by atoms with E-state index in [-0.39, 0.29) is 0 Å². The van der Waals surface area contributed by atoms with Crippen molar-refractivity contribution in [3.63, 3.8) is 0 Å². The molecule has 0 aliphatic carbocycles. The highest BCUT2D eigenvalue weighted by atomic mass is 15.0. The Labute approximate surface area is 219 Å². The second-order valence-electron chi connectivity index (χ2n) is 9.74. The van der Waals surface area contributed by atoms with Gasteiger partial charge in [-0.2, -0.15) is 0 Å². The number of imidazole rings is 1. The molecule has 3 nitrogen and oxygen atoms in total. The number of aromatic amines is 1. The van der Waals surface area contributed by atoms with Crippen LogP contribution in [0.3, 0.4) is 0 Å². The topological polar surface area (TPSA) is 33.1 Å². The fourth-order valence-electron chi connectivity index (χ4n) is 5.78. The minimum atomic E-state index is 0.961. The van der Waals surface area contributed by atoms with Gasteiger partial charge in [-0.15, -0.1) is 0 Å². The minimum Gasteiger partial charge on any atom is -0.354 e. The van der Waals surface area contributed by atoms with Crippen molar-refractivity contribution in [1.82, 2.24) is 14.4 Å². The summed E-state index contributed by atoms with van der Waals surface area (Å²) in [4.78, 5) is 8.92. The quantitative estimate of drug-likeness (QED) is 0.266. The summed E-state index contributed by atoms with van der Waals surface area (Å²) in [6, 6.07) is 47.2. The lowest BCUT2D eigenvalue weighted by molar-refractivity contribution is 1.23. The van der Waals surface area contributed by atoms with E-state index in [4.69, 9.17) is 4.98 Å². The molecule has 3 heteroatoms. The maximum Gasteiger partial charge on any atom is 0.146 e. The number of pyridine rings is 1. The van der Waals surface area contributed by atoms with E-state index in [0.29, 0.717) is 0 Å². The van der Waals surface area contributed by atoms with Crippen molar-refractivity contribution in [2.45, 2.75) is 0 Å². The van der Waals surface area contributed by atoms with Gasteiger partial charge in [0.05, 0.1) is 16.7 Å². The molecule has 178 valence electrons. The fraction of sp³-hybridized carbons (Fsp3) is 0. The summed E-state index contributed by atoms with van der Waals surface area (Å²) >= 11 is 0. The monoisotopic (exact) mass is 485 g/mol. The molecule has 3 heterocycles. The Hall–Kier alpha value is -5.15. The van der Waals surface area contributed by atoms with Gasteiger partial charge in [0.15, 0.2) is 0 Å². The summed E-state index contributed by atoms with van der Waals surface area (Å²) in [7, 11) is 0. The SMILES string of the molecule is c1ccc(-c2cc(-c3ccccc3)n3c(nc4cc5[nH]c6ccccc6c5cc43)c2-c2ccccc2)cc1. The second kappa shape index (κ2) is 8.19. The molecule has 3 aromatic heterocycles. The van der Waals surface area contributed by atoms with E-state index >= 15 is 0 Å². The Balaban J connectivity index is 1.58. The Morgan fingerprint density at radius 3 is 1.89 bits per heavy atom. The van der Waals surface area contributed by atoms with Crippen LogP contribution in [0, 0.1) is 0 Å². The van der Waals surface area contributed by atoms with Gasteiger partial charge < -0.3 is 4.98 Å². The zero-order valence-electron chi connectivity index (χ0n) is 20.6. The zero-order chi connectivity index (χ0) is 25.1. The van der Waals surface area contributed by atoms with E-state index in [1.54, 1.807) is 0 Å². The molecule has 38 heavy (non-hydrogen) atoms. The van der Waals surface area contributed by atoms with Crippen LogP contribution in [0.5, 0.6) is 0 Å². The van der Waals surface area contributed by atoms with Crippen LogP contribution in [-0.4, -0.2) is 14.4 Å². The molecule has 0 fully saturated rings. The van der Waals surface area contributed by atoms with Crippen LogP contribution in [0.15, 0.2) is 133 Å². The Bertz CT molecular complexity index is 2100. The molecule has 0 spiro atoms. The average molecular weight is 486 g/mol. The third kappa shape index (κ3) is 3.12. The predicted octanol–water partition coefficient (Wildman–Crippen LogP) is 9.12. The molecule has 0 atom stereocenters. The molecule has 0 saturated heterocycles. The number of nitrogens with one attached hydrogen (secondary N) is 1. The standard InChI is InChI=1S/C35H23N3/c1-4-12-23(13-5-1)27-20-32(24-14-6-2-7-15-24)38-33-21-28-26-18-10-11-19-29(26)36-30(28)22-31(33)37-35(38)34(27)25-16-8-3-9-17-25/h1-22,36H. The number of hydrogen-bond donors (Lipinski definition) is 1. The summed E-state index contributed by atoms with van der Waals surface area (Å²) in [5.74, 6) is 0. The molecule has 0 amide bonds. The van der Waals surface area contributed by atoms with Gasteiger partial charge in [-0.3, -0.25) is 4.40 Å². The number of rotatable bonds is 3. The summed E-state index contributed by atoms with van der Waals surface area (Å²) < 4.78 is 2.35. The van der Waals surface area contributed by atoms with Crippen LogP contribution in [0.1, 0.15) is 0 Å². The first-order valence-corrected chi connectivity index (χ1v) is 12.9. The van der Waals surface area contributed by atoms with Crippen molar-refractivity contribution in [3.8, 4) is 33.5 Å². The summed E-state index contributed by atoms with van der Waals surface area (Å²) in [5, 5.41) is 2.44. The Morgan fingerprint density at radius 2 is 1.16 bits per heavy atom. The predicted molar refractivity (Wildman–Crippen MR) is 158 cm³/mol. The van der Waals surface area contributed by atoms with Crippen LogP contribution in [0.2, 0.25) is 0 Å². The number of fused-ring (bicyclic) bond motifs is 6. The van der Waals surface area contributed by atoms with Gasteiger partial charge in [-0.1, -0.05) is 109 Å². The third-order valence-corrected chi connectivity index (χ3v) is 7.51. The first-order chi connectivity index (χ1) is 18.8. The minimum absolute atomic E-state index is 0.961. The van der Waals surface area contributed by atoms with E-state index in [0.717, 1.165) is 50.1 Å². The van der Waals surface area contributed by atoms with Crippen LogP contribution < -0.4 is 0 Å². The number of nitrogens with zero attached hydrogens (tertiary/aromatic N) is 2. The van der Waals surface area contributed by atoms with E-state index in [2.05, 4.69) is 143 Å². The van der Waals surface area contributed by atoms with Gasteiger partial charge in [0.1, 0.15) is 5.65 Å². The summed E-state index contributed by atoms with van der Waals surface area (Å²) in [5.41, 5.74) is 12.2.